The highest BCUT2D eigenvalue weighted by Crippen LogP contribution is 2.18. The van der Waals surface area contributed by atoms with Crippen molar-refractivity contribution in [1.82, 2.24) is 0 Å². The molecule has 4 heteroatoms. The number of carbonyl (C=O) groups is 1. The van der Waals surface area contributed by atoms with Gasteiger partial charge in [0.25, 0.3) is 0 Å². The second kappa shape index (κ2) is 4.95. The molecule has 0 aliphatic carbocycles. The molecule has 0 aliphatic rings. The van der Waals surface area contributed by atoms with Crippen LogP contribution in [-0.2, 0) is 0 Å². The quantitative estimate of drug-likeness (QED) is 0.602. The normalized spacial score (nSPS) is 10.0. The van der Waals surface area contributed by atoms with Crippen LogP contribution in [0.2, 0.25) is 0 Å². The minimum Gasteiger partial charge on any atom is -0.423 e. The zero-order chi connectivity index (χ0) is 12.3. The zero-order valence-corrected chi connectivity index (χ0v) is 9.08. The van der Waals surface area contributed by atoms with Gasteiger partial charge in [0.15, 0.2) is 0 Å². The molecule has 2 aromatic rings. The second-order valence-electron chi connectivity index (χ2n) is 3.74. The summed E-state index contributed by atoms with van der Waals surface area (Å²) in [6, 6.07) is 14.1. The Morgan fingerprint density at radius 2 is 1.65 bits per heavy atom. The van der Waals surface area contributed by atoms with E-state index >= 15 is 0 Å². The summed E-state index contributed by atoms with van der Waals surface area (Å²) in [5.74, 6) is 0. The predicted molar refractivity (Wildman–Crippen MR) is 67.1 cm³/mol. The lowest BCUT2D eigenvalue weighted by molar-refractivity contribution is 0.112. The maximum atomic E-state index is 10.5. The Morgan fingerprint density at radius 1 is 0.941 bits per heavy atom. The van der Waals surface area contributed by atoms with Gasteiger partial charge in [-0.3, -0.25) is 4.79 Å². The molecule has 2 rings (SSSR count). The molecule has 0 aromatic heterocycles. The van der Waals surface area contributed by atoms with Gasteiger partial charge in [-0.2, -0.15) is 0 Å². The average Bonchev–Trinajstić information content (AvgIpc) is 2.39. The van der Waals surface area contributed by atoms with Crippen LogP contribution >= 0.6 is 0 Å². The number of rotatable bonds is 3. The van der Waals surface area contributed by atoms with Crippen LogP contribution in [0.5, 0.6) is 0 Å². The molecule has 0 saturated heterocycles. The van der Waals surface area contributed by atoms with Gasteiger partial charge < -0.3 is 10.0 Å². The van der Waals surface area contributed by atoms with Gasteiger partial charge in [0.2, 0.25) is 0 Å². The Balaban J connectivity index is 2.38. The van der Waals surface area contributed by atoms with Crippen molar-refractivity contribution < 1.29 is 14.8 Å². The summed E-state index contributed by atoms with van der Waals surface area (Å²) < 4.78 is 0. The zero-order valence-electron chi connectivity index (χ0n) is 9.08. The number of hydrogen-bond acceptors (Lipinski definition) is 3. The van der Waals surface area contributed by atoms with E-state index in [4.69, 9.17) is 10.0 Å². The fourth-order valence-electron chi connectivity index (χ4n) is 1.63. The lowest BCUT2D eigenvalue weighted by atomic mass is 9.79. The highest BCUT2D eigenvalue weighted by atomic mass is 16.4. The van der Waals surface area contributed by atoms with E-state index in [1.54, 1.807) is 30.3 Å². The summed E-state index contributed by atoms with van der Waals surface area (Å²) in [6.45, 7) is 0. The summed E-state index contributed by atoms with van der Waals surface area (Å²) in [6.07, 6.45) is 0.789. The van der Waals surface area contributed by atoms with Gasteiger partial charge in [-0.15, -0.1) is 0 Å². The van der Waals surface area contributed by atoms with Crippen molar-refractivity contribution in [2.24, 2.45) is 0 Å². The van der Waals surface area contributed by atoms with Crippen LogP contribution in [-0.4, -0.2) is 23.5 Å². The van der Waals surface area contributed by atoms with Crippen molar-refractivity contribution in [2.45, 2.75) is 0 Å². The molecule has 0 fully saturated rings. The molecule has 0 spiro atoms. The van der Waals surface area contributed by atoms with Crippen LogP contribution in [0, 0.1) is 0 Å². The first-order valence-corrected chi connectivity index (χ1v) is 5.22. The van der Waals surface area contributed by atoms with Crippen molar-refractivity contribution in [2.75, 3.05) is 0 Å². The summed E-state index contributed by atoms with van der Waals surface area (Å²) in [7, 11) is -1.47. The molecule has 0 bridgehead atoms. The molecular formula is C13H11BO3. The van der Waals surface area contributed by atoms with Crippen molar-refractivity contribution in [3.05, 3.63) is 54.1 Å². The first-order valence-electron chi connectivity index (χ1n) is 5.22. The lowest BCUT2D eigenvalue weighted by Crippen LogP contribution is -2.29. The maximum Gasteiger partial charge on any atom is 0.488 e. The Morgan fingerprint density at radius 3 is 2.24 bits per heavy atom. The topological polar surface area (TPSA) is 57.5 Å². The molecule has 17 heavy (non-hydrogen) atoms. The van der Waals surface area contributed by atoms with E-state index in [9.17, 15) is 4.79 Å². The monoisotopic (exact) mass is 226 g/mol. The number of carbonyl (C=O) groups excluding carboxylic acids is 1. The van der Waals surface area contributed by atoms with Crippen LogP contribution in [0.3, 0.4) is 0 Å². The molecule has 0 unspecified atom stereocenters. The van der Waals surface area contributed by atoms with Gasteiger partial charge in [-0.1, -0.05) is 48.5 Å². The van der Waals surface area contributed by atoms with Gasteiger partial charge in [0, 0.05) is 5.56 Å². The van der Waals surface area contributed by atoms with E-state index in [0.717, 1.165) is 17.4 Å². The van der Waals surface area contributed by atoms with Crippen LogP contribution in [0.15, 0.2) is 48.5 Å². The molecular weight excluding hydrogens is 215 g/mol. The largest absolute Gasteiger partial charge is 0.488 e. The summed E-state index contributed by atoms with van der Waals surface area (Å²) >= 11 is 0. The highest BCUT2D eigenvalue weighted by molar-refractivity contribution is 6.58. The Hall–Kier alpha value is -1.91. The molecule has 0 heterocycles. The highest BCUT2D eigenvalue weighted by Gasteiger charge is 2.11. The molecule has 0 saturated carbocycles. The van der Waals surface area contributed by atoms with Crippen LogP contribution in [0.4, 0.5) is 0 Å². The Labute approximate surface area is 99.5 Å². The third-order valence-electron chi connectivity index (χ3n) is 2.56. The van der Waals surface area contributed by atoms with Crippen molar-refractivity contribution >= 4 is 18.9 Å². The van der Waals surface area contributed by atoms with E-state index in [1.807, 2.05) is 18.2 Å². The molecule has 0 atom stereocenters. The second-order valence-corrected chi connectivity index (χ2v) is 3.74. The first-order chi connectivity index (χ1) is 8.20. The third-order valence-corrected chi connectivity index (χ3v) is 2.56. The van der Waals surface area contributed by atoms with E-state index < -0.39 is 7.12 Å². The van der Waals surface area contributed by atoms with Crippen LogP contribution < -0.4 is 5.46 Å². The van der Waals surface area contributed by atoms with Crippen molar-refractivity contribution in [3.8, 4) is 11.1 Å². The predicted octanol–water partition coefficient (Wildman–Crippen LogP) is 0.846. The van der Waals surface area contributed by atoms with Crippen molar-refractivity contribution in [3.63, 3.8) is 0 Å². The molecule has 0 amide bonds. The standard InChI is InChI=1S/C13H11BO3/c15-9-10-4-6-11(7-5-10)12-2-1-3-13(8-12)14(16)17/h1-9,16-17H. The van der Waals surface area contributed by atoms with Crippen LogP contribution in [0.25, 0.3) is 11.1 Å². The Bertz CT molecular complexity index is 520. The number of benzene rings is 2. The summed E-state index contributed by atoms with van der Waals surface area (Å²) in [4.78, 5) is 10.5. The van der Waals surface area contributed by atoms with E-state index in [2.05, 4.69) is 0 Å². The fraction of sp³-hybridized carbons (Fsp3) is 0. The molecule has 3 nitrogen and oxygen atoms in total. The molecule has 2 N–H and O–H groups in total. The first kappa shape index (κ1) is 11.6. The van der Waals surface area contributed by atoms with Gasteiger partial charge in [-0.25, -0.2) is 0 Å². The average molecular weight is 226 g/mol. The molecule has 84 valence electrons. The summed E-state index contributed by atoms with van der Waals surface area (Å²) in [5.41, 5.74) is 2.88. The summed E-state index contributed by atoms with van der Waals surface area (Å²) in [5, 5.41) is 18.2. The van der Waals surface area contributed by atoms with E-state index in [0.29, 0.717) is 11.0 Å². The SMILES string of the molecule is O=Cc1ccc(-c2cccc(B(O)O)c2)cc1. The fourth-order valence-corrected chi connectivity index (χ4v) is 1.63. The smallest absolute Gasteiger partial charge is 0.423 e. The number of aldehydes is 1. The van der Waals surface area contributed by atoms with Crippen LogP contribution in [0.1, 0.15) is 10.4 Å². The number of hydrogen-bond donors (Lipinski definition) is 2. The van der Waals surface area contributed by atoms with E-state index in [1.165, 1.54) is 0 Å². The minimum absolute atomic E-state index is 0.446. The molecule has 2 aromatic carbocycles. The Kier molecular flexibility index (Phi) is 3.37. The van der Waals surface area contributed by atoms with Gasteiger partial charge >= 0.3 is 7.12 Å². The molecule has 0 radical (unpaired) electrons. The molecule has 0 aliphatic heterocycles. The minimum atomic E-state index is -1.47. The van der Waals surface area contributed by atoms with Gasteiger partial charge in [0.05, 0.1) is 0 Å². The van der Waals surface area contributed by atoms with Gasteiger partial charge in [-0.05, 0) is 16.6 Å². The van der Waals surface area contributed by atoms with E-state index in [-0.39, 0.29) is 0 Å². The lowest BCUT2D eigenvalue weighted by Gasteiger charge is -2.05. The third kappa shape index (κ3) is 2.61. The van der Waals surface area contributed by atoms with Gasteiger partial charge in [0.1, 0.15) is 6.29 Å². The maximum absolute atomic E-state index is 10.5. The van der Waals surface area contributed by atoms with Crippen molar-refractivity contribution in [1.29, 1.82) is 0 Å².